The van der Waals surface area contributed by atoms with Crippen LogP contribution in [0.25, 0.3) is 0 Å². The van der Waals surface area contributed by atoms with Crippen LogP contribution >= 0.6 is 23.4 Å². The molecule has 1 unspecified atom stereocenters. The van der Waals surface area contributed by atoms with E-state index in [0.29, 0.717) is 16.3 Å². The predicted octanol–water partition coefficient (Wildman–Crippen LogP) is 3.96. The lowest BCUT2D eigenvalue weighted by molar-refractivity contribution is -0.139. The van der Waals surface area contributed by atoms with Gasteiger partial charge in [-0.25, -0.2) is 9.59 Å². The molecule has 0 aliphatic carbocycles. The molecule has 0 saturated heterocycles. The Morgan fingerprint density at radius 3 is 2.34 bits per heavy atom. The molecule has 0 bridgehead atoms. The molecule has 2 aromatic carbocycles. The number of ether oxygens (including phenoxy) is 2. The van der Waals surface area contributed by atoms with E-state index >= 15 is 0 Å². The Balaban J connectivity index is 2.46. The Kier molecular flexibility index (Phi) is 7.13. The summed E-state index contributed by atoms with van der Waals surface area (Å²) in [5, 5.41) is 10.4. The second-order valence-electron chi connectivity index (χ2n) is 6.65. The SMILES string of the molecule is COC(=O)C1=C(C(=O)OC)N(c2cc(Cl)ccc2SC)C(N)=C(C#N)C1c1ccccc1. The van der Waals surface area contributed by atoms with Crippen LogP contribution in [0.3, 0.4) is 0 Å². The average molecular weight is 470 g/mol. The molecular formula is C23H20ClN3O4S. The fourth-order valence-electron chi connectivity index (χ4n) is 3.60. The Morgan fingerprint density at radius 1 is 1.12 bits per heavy atom. The van der Waals surface area contributed by atoms with Gasteiger partial charge in [-0.2, -0.15) is 5.26 Å². The number of methoxy groups -OCH3 is 2. The first-order valence-electron chi connectivity index (χ1n) is 9.38. The Hall–Kier alpha value is -3.41. The summed E-state index contributed by atoms with van der Waals surface area (Å²) < 4.78 is 10.0. The largest absolute Gasteiger partial charge is 0.466 e. The lowest BCUT2D eigenvalue weighted by atomic mass is 9.81. The van der Waals surface area contributed by atoms with E-state index in [-0.39, 0.29) is 22.7 Å². The first kappa shape index (κ1) is 23.3. The van der Waals surface area contributed by atoms with Crippen LogP contribution in [0.2, 0.25) is 5.02 Å². The van der Waals surface area contributed by atoms with Gasteiger partial charge in [0.25, 0.3) is 0 Å². The van der Waals surface area contributed by atoms with Crippen LogP contribution in [0.15, 0.2) is 76.1 Å². The Labute approximate surface area is 195 Å². The van der Waals surface area contributed by atoms with Crippen LogP contribution in [0.5, 0.6) is 0 Å². The van der Waals surface area contributed by atoms with Crippen LogP contribution in [-0.4, -0.2) is 32.4 Å². The van der Waals surface area contributed by atoms with E-state index in [4.69, 9.17) is 26.8 Å². The molecule has 2 N–H and O–H groups in total. The molecule has 0 spiro atoms. The predicted molar refractivity (Wildman–Crippen MR) is 123 cm³/mol. The van der Waals surface area contributed by atoms with Crippen molar-refractivity contribution in [2.45, 2.75) is 10.8 Å². The lowest BCUT2D eigenvalue weighted by Crippen LogP contribution is -2.41. The van der Waals surface area contributed by atoms with Crippen LogP contribution in [-0.2, 0) is 19.1 Å². The molecule has 1 aliphatic heterocycles. The molecule has 0 fully saturated rings. The maximum Gasteiger partial charge on any atom is 0.355 e. The Bertz CT molecular complexity index is 1170. The monoisotopic (exact) mass is 469 g/mol. The molecule has 1 heterocycles. The molecule has 7 nitrogen and oxygen atoms in total. The van der Waals surface area contributed by atoms with E-state index in [1.807, 2.05) is 6.26 Å². The zero-order valence-electron chi connectivity index (χ0n) is 17.6. The van der Waals surface area contributed by atoms with E-state index < -0.39 is 17.9 Å². The second-order valence-corrected chi connectivity index (χ2v) is 7.94. The molecule has 0 amide bonds. The maximum atomic E-state index is 13.1. The van der Waals surface area contributed by atoms with Crippen molar-refractivity contribution in [1.82, 2.24) is 0 Å². The van der Waals surface area contributed by atoms with Crippen molar-refractivity contribution in [2.75, 3.05) is 25.4 Å². The molecular weight excluding hydrogens is 450 g/mol. The summed E-state index contributed by atoms with van der Waals surface area (Å²) in [6.07, 6.45) is 1.84. The van der Waals surface area contributed by atoms with Gasteiger partial charge in [0.15, 0.2) is 0 Å². The van der Waals surface area contributed by atoms with Gasteiger partial charge in [0.2, 0.25) is 0 Å². The number of benzene rings is 2. The van der Waals surface area contributed by atoms with Crippen molar-refractivity contribution >= 4 is 41.0 Å². The number of thioether (sulfide) groups is 1. The molecule has 9 heteroatoms. The number of carbonyl (C=O) groups excluding carboxylic acids is 2. The van der Waals surface area contributed by atoms with Gasteiger partial charge in [-0.3, -0.25) is 4.90 Å². The van der Waals surface area contributed by atoms with Gasteiger partial charge in [0.1, 0.15) is 11.5 Å². The van der Waals surface area contributed by atoms with Gasteiger partial charge in [-0.05, 0) is 30.0 Å². The summed E-state index contributed by atoms with van der Waals surface area (Å²) in [6.45, 7) is 0. The highest BCUT2D eigenvalue weighted by atomic mass is 35.5. The highest BCUT2D eigenvalue weighted by molar-refractivity contribution is 7.98. The number of nitrogens with two attached hydrogens (primary N) is 1. The van der Waals surface area contributed by atoms with Crippen LogP contribution in [0.4, 0.5) is 5.69 Å². The third-order valence-corrected chi connectivity index (χ3v) is 6.01. The highest BCUT2D eigenvalue weighted by Gasteiger charge is 2.43. The van der Waals surface area contributed by atoms with Crippen molar-refractivity contribution in [3.05, 3.63) is 81.8 Å². The molecule has 0 aromatic heterocycles. The minimum absolute atomic E-state index is 0.00743. The van der Waals surface area contributed by atoms with E-state index in [2.05, 4.69) is 6.07 Å². The van der Waals surface area contributed by atoms with E-state index in [0.717, 1.165) is 4.90 Å². The summed E-state index contributed by atoms with van der Waals surface area (Å²) >= 11 is 7.63. The van der Waals surface area contributed by atoms with Gasteiger partial charge in [-0.15, -0.1) is 11.8 Å². The first-order valence-corrected chi connectivity index (χ1v) is 11.0. The van der Waals surface area contributed by atoms with Crippen molar-refractivity contribution in [1.29, 1.82) is 5.26 Å². The number of hydrogen-bond acceptors (Lipinski definition) is 8. The van der Waals surface area contributed by atoms with Gasteiger partial charge in [0, 0.05) is 9.92 Å². The summed E-state index contributed by atoms with van der Waals surface area (Å²) in [5.41, 5.74) is 7.43. The summed E-state index contributed by atoms with van der Waals surface area (Å²) in [4.78, 5) is 28.1. The van der Waals surface area contributed by atoms with Crippen LogP contribution < -0.4 is 10.6 Å². The Morgan fingerprint density at radius 2 is 1.78 bits per heavy atom. The number of halogens is 1. The molecule has 0 radical (unpaired) electrons. The molecule has 2 aromatic rings. The number of allylic oxidation sites excluding steroid dienone is 1. The van der Waals surface area contributed by atoms with E-state index in [1.54, 1.807) is 48.5 Å². The summed E-state index contributed by atoms with van der Waals surface area (Å²) in [7, 11) is 2.41. The molecule has 164 valence electrons. The fourth-order valence-corrected chi connectivity index (χ4v) is 4.33. The normalized spacial score (nSPS) is 16.0. The second kappa shape index (κ2) is 9.81. The van der Waals surface area contributed by atoms with Crippen molar-refractivity contribution in [3.8, 4) is 6.07 Å². The molecule has 32 heavy (non-hydrogen) atoms. The third-order valence-electron chi connectivity index (χ3n) is 4.99. The molecule has 0 saturated carbocycles. The standard InChI is InChI=1S/C23H20ClN3O4S/c1-30-22(28)19-18(13-7-5-4-6-8-13)15(12-25)21(26)27(20(19)23(29)31-2)16-11-14(24)9-10-17(16)32-3/h4-11,18H,26H2,1-3H3. The fraction of sp³-hybridized carbons (Fsp3) is 0.174. The van der Waals surface area contributed by atoms with Crippen LogP contribution in [0, 0.1) is 11.3 Å². The van der Waals surface area contributed by atoms with Gasteiger partial charge < -0.3 is 15.2 Å². The summed E-state index contributed by atoms with van der Waals surface area (Å²) in [6, 6.07) is 16.0. The number of rotatable bonds is 5. The zero-order valence-corrected chi connectivity index (χ0v) is 19.2. The number of carbonyl (C=O) groups is 2. The minimum Gasteiger partial charge on any atom is -0.466 e. The topological polar surface area (TPSA) is 106 Å². The van der Waals surface area contributed by atoms with Gasteiger partial charge >= 0.3 is 11.9 Å². The smallest absolute Gasteiger partial charge is 0.355 e. The quantitative estimate of drug-likeness (QED) is 0.518. The van der Waals surface area contributed by atoms with E-state index in [1.165, 1.54) is 30.9 Å². The molecule has 3 rings (SSSR count). The number of hydrogen-bond donors (Lipinski definition) is 1. The van der Waals surface area contributed by atoms with Gasteiger partial charge in [-0.1, -0.05) is 41.9 Å². The minimum atomic E-state index is -0.920. The number of esters is 2. The number of anilines is 1. The van der Waals surface area contributed by atoms with Crippen LogP contribution in [0.1, 0.15) is 11.5 Å². The first-order chi connectivity index (χ1) is 15.4. The molecule has 1 aliphatic rings. The molecule has 1 atom stereocenters. The van der Waals surface area contributed by atoms with Crippen molar-refractivity contribution in [2.24, 2.45) is 5.73 Å². The van der Waals surface area contributed by atoms with E-state index in [9.17, 15) is 14.9 Å². The van der Waals surface area contributed by atoms with Gasteiger partial charge in [0.05, 0.1) is 43.0 Å². The van der Waals surface area contributed by atoms with Crippen molar-refractivity contribution in [3.63, 3.8) is 0 Å². The lowest BCUT2D eigenvalue weighted by Gasteiger charge is -2.36. The summed E-state index contributed by atoms with van der Waals surface area (Å²) in [5.74, 6) is -2.52. The number of nitrogens with zero attached hydrogens (tertiary/aromatic N) is 2. The zero-order chi connectivity index (χ0) is 23.4. The average Bonchev–Trinajstić information content (AvgIpc) is 2.82. The highest BCUT2D eigenvalue weighted by Crippen LogP contribution is 2.45. The maximum absolute atomic E-state index is 13.1. The third kappa shape index (κ3) is 4.05. The van der Waals surface area contributed by atoms with Crippen molar-refractivity contribution < 1.29 is 19.1 Å². The number of nitriles is 1.